The molecule has 2 aromatic rings. The van der Waals surface area contributed by atoms with Crippen LogP contribution in [0.5, 0.6) is 0 Å². The van der Waals surface area contributed by atoms with Crippen molar-refractivity contribution in [3.8, 4) is 11.1 Å². The number of nitrogens with zero attached hydrogens (tertiary/aromatic N) is 1. The van der Waals surface area contributed by atoms with Crippen molar-refractivity contribution < 1.29 is 18.7 Å². The molecule has 0 aromatic heterocycles. The van der Waals surface area contributed by atoms with Gasteiger partial charge in [0.2, 0.25) is 5.91 Å². The number of rotatable bonds is 7. The van der Waals surface area contributed by atoms with E-state index in [2.05, 4.69) is 11.9 Å². The molecule has 1 saturated heterocycles. The lowest BCUT2D eigenvalue weighted by molar-refractivity contribution is -0.167. The Balaban J connectivity index is 1.98. The molecule has 1 aliphatic heterocycles. The zero-order chi connectivity index (χ0) is 22.4. The van der Waals surface area contributed by atoms with E-state index in [9.17, 15) is 14.0 Å². The van der Waals surface area contributed by atoms with Gasteiger partial charge in [0.05, 0.1) is 13.2 Å². The molecule has 6 heteroatoms. The highest BCUT2D eigenvalue weighted by Gasteiger charge is 2.45. The molecule has 1 heterocycles. The smallest absolute Gasteiger partial charge is 0.254 e. The second-order valence-electron chi connectivity index (χ2n) is 8.10. The van der Waals surface area contributed by atoms with Gasteiger partial charge in [-0.2, -0.15) is 0 Å². The molecule has 2 amide bonds. The van der Waals surface area contributed by atoms with Gasteiger partial charge in [0.15, 0.2) is 5.60 Å². The zero-order valence-corrected chi connectivity index (χ0v) is 18.1. The third-order valence-electron chi connectivity index (χ3n) is 5.46. The van der Waals surface area contributed by atoms with Gasteiger partial charge >= 0.3 is 0 Å². The Labute approximate surface area is 182 Å². The summed E-state index contributed by atoms with van der Waals surface area (Å²) >= 11 is 0. The highest BCUT2D eigenvalue weighted by atomic mass is 19.1. The molecule has 0 saturated carbocycles. The monoisotopic (exact) mass is 424 g/mol. The first kappa shape index (κ1) is 22.7. The Kier molecular flexibility index (Phi) is 7.23. The van der Waals surface area contributed by atoms with E-state index in [1.807, 2.05) is 38.1 Å². The van der Waals surface area contributed by atoms with Gasteiger partial charge < -0.3 is 15.0 Å². The summed E-state index contributed by atoms with van der Waals surface area (Å²) in [5.41, 5.74) is 1.42. The fourth-order valence-electron chi connectivity index (χ4n) is 3.88. The summed E-state index contributed by atoms with van der Waals surface area (Å²) < 4.78 is 19.5. The molecular weight excluding hydrogens is 395 g/mol. The molecule has 1 N–H and O–H groups in total. The molecule has 5 nitrogen and oxygen atoms in total. The standard InChI is InChI=1S/C25H29FN2O3/c1-4-13-27-24(30)25(17-28(14-15-31-25)23(29)18(2)3)16-20-7-5-6-8-22(20)19-9-11-21(26)12-10-19/h4-12,18H,1,13-17H2,2-3H3,(H,27,30)/t25-/m0/s1. The zero-order valence-electron chi connectivity index (χ0n) is 18.1. The first-order chi connectivity index (χ1) is 14.9. The van der Waals surface area contributed by atoms with Gasteiger partial charge in [-0.1, -0.05) is 56.3 Å². The van der Waals surface area contributed by atoms with Crippen LogP contribution in [0, 0.1) is 11.7 Å². The predicted molar refractivity (Wildman–Crippen MR) is 119 cm³/mol. The third-order valence-corrected chi connectivity index (χ3v) is 5.46. The van der Waals surface area contributed by atoms with Crippen LogP contribution in [0.3, 0.4) is 0 Å². The molecule has 1 aliphatic rings. The van der Waals surface area contributed by atoms with Crippen LogP contribution in [0.4, 0.5) is 4.39 Å². The van der Waals surface area contributed by atoms with Crippen molar-refractivity contribution in [2.45, 2.75) is 25.9 Å². The molecule has 0 unspecified atom stereocenters. The average Bonchev–Trinajstić information content (AvgIpc) is 2.78. The molecule has 0 bridgehead atoms. The molecule has 0 aliphatic carbocycles. The second-order valence-corrected chi connectivity index (χ2v) is 8.10. The normalized spacial score (nSPS) is 18.6. The maximum Gasteiger partial charge on any atom is 0.254 e. The van der Waals surface area contributed by atoms with Crippen LogP contribution in [-0.2, 0) is 20.7 Å². The lowest BCUT2D eigenvalue weighted by Crippen LogP contribution is -2.62. The van der Waals surface area contributed by atoms with Crippen LogP contribution in [0.15, 0.2) is 61.2 Å². The van der Waals surface area contributed by atoms with Gasteiger partial charge in [-0.25, -0.2) is 4.39 Å². The van der Waals surface area contributed by atoms with Crippen LogP contribution in [0.2, 0.25) is 0 Å². The number of amides is 2. The second kappa shape index (κ2) is 9.88. The first-order valence-corrected chi connectivity index (χ1v) is 10.5. The van der Waals surface area contributed by atoms with Crippen LogP contribution in [-0.4, -0.2) is 48.6 Å². The molecular formula is C25H29FN2O3. The highest BCUT2D eigenvalue weighted by molar-refractivity contribution is 5.88. The Bertz CT molecular complexity index is 942. The molecule has 1 atom stereocenters. The van der Waals surface area contributed by atoms with Crippen molar-refractivity contribution in [1.29, 1.82) is 0 Å². The van der Waals surface area contributed by atoms with Crippen molar-refractivity contribution in [2.24, 2.45) is 5.92 Å². The number of halogens is 1. The average molecular weight is 425 g/mol. The van der Waals surface area contributed by atoms with Gasteiger partial charge in [0.25, 0.3) is 5.91 Å². The fourth-order valence-corrected chi connectivity index (χ4v) is 3.88. The number of hydrogen-bond donors (Lipinski definition) is 1. The largest absolute Gasteiger partial charge is 0.361 e. The lowest BCUT2D eigenvalue weighted by atomic mass is 9.87. The third kappa shape index (κ3) is 5.20. The molecule has 164 valence electrons. The molecule has 3 rings (SSSR count). The summed E-state index contributed by atoms with van der Waals surface area (Å²) in [6.45, 7) is 8.56. The number of morpholine rings is 1. The number of nitrogens with one attached hydrogen (secondary N) is 1. The Morgan fingerprint density at radius 2 is 1.94 bits per heavy atom. The van der Waals surface area contributed by atoms with Gasteiger partial charge in [-0.05, 0) is 28.8 Å². The Morgan fingerprint density at radius 3 is 2.61 bits per heavy atom. The topological polar surface area (TPSA) is 58.6 Å². The van der Waals surface area contributed by atoms with E-state index in [4.69, 9.17) is 4.74 Å². The number of hydrogen-bond acceptors (Lipinski definition) is 3. The predicted octanol–water partition coefficient (Wildman–Crippen LogP) is 3.59. The van der Waals surface area contributed by atoms with E-state index in [0.717, 1.165) is 16.7 Å². The number of benzene rings is 2. The van der Waals surface area contributed by atoms with E-state index < -0.39 is 5.60 Å². The minimum absolute atomic E-state index is 0.00369. The van der Waals surface area contributed by atoms with Gasteiger partial charge in [-0.15, -0.1) is 6.58 Å². The van der Waals surface area contributed by atoms with E-state index in [1.165, 1.54) is 12.1 Å². The summed E-state index contributed by atoms with van der Waals surface area (Å²) in [6.07, 6.45) is 1.89. The van der Waals surface area contributed by atoms with Gasteiger partial charge in [-0.3, -0.25) is 9.59 Å². The number of ether oxygens (including phenoxy) is 1. The summed E-state index contributed by atoms with van der Waals surface area (Å²) in [6, 6.07) is 14.0. The van der Waals surface area contributed by atoms with Crippen molar-refractivity contribution in [2.75, 3.05) is 26.2 Å². The fraction of sp³-hybridized carbons (Fsp3) is 0.360. The van der Waals surface area contributed by atoms with E-state index in [1.54, 1.807) is 23.1 Å². The van der Waals surface area contributed by atoms with Crippen molar-refractivity contribution in [3.63, 3.8) is 0 Å². The Morgan fingerprint density at radius 1 is 1.23 bits per heavy atom. The van der Waals surface area contributed by atoms with E-state index in [0.29, 0.717) is 13.1 Å². The van der Waals surface area contributed by atoms with Crippen molar-refractivity contribution in [1.82, 2.24) is 10.2 Å². The van der Waals surface area contributed by atoms with Gasteiger partial charge in [0, 0.05) is 25.4 Å². The minimum Gasteiger partial charge on any atom is -0.361 e. The Hall–Kier alpha value is -2.99. The minimum atomic E-state index is -1.22. The SMILES string of the molecule is C=CCNC(=O)[C@]1(Cc2ccccc2-c2ccc(F)cc2)CN(C(=O)C(C)C)CCO1. The van der Waals surface area contributed by atoms with E-state index in [-0.39, 0.29) is 43.1 Å². The highest BCUT2D eigenvalue weighted by Crippen LogP contribution is 2.31. The summed E-state index contributed by atoms with van der Waals surface area (Å²) in [5, 5.41) is 2.85. The first-order valence-electron chi connectivity index (χ1n) is 10.5. The maximum atomic E-state index is 13.4. The number of carbonyl (C=O) groups excluding carboxylic acids is 2. The van der Waals surface area contributed by atoms with Crippen LogP contribution in [0.1, 0.15) is 19.4 Å². The van der Waals surface area contributed by atoms with Crippen LogP contribution in [0.25, 0.3) is 11.1 Å². The maximum absolute atomic E-state index is 13.4. The molecule has 2 aromatic carbocycles. The quantitative estimate of drug-likeness (QED) is 0.691. The molecule has 0 radical (unpaired) electrons. The molecule has 1 fully saturated rings. The molecule has 31 heavy (non-hydrogen) atoms. The summed E-state index contributed by atoms with van der Waals surface area (Å²) in [4.78, 5) is 27.6. The van der Waals surface area contributed by atoms with Crippen molar-refractivity contribution >= 4 is 11.8 Å². The lowest BCUT2D eigenvalue weighted by Gasteiger charge is -2.42. The van der Waals surface area contributed by atoms with Crippen LogP contribution < -0.4 is 5.32 Å². The van der Waals surface area contributed by atoms with Crippen LogP contribution >= 0.6 is 0 Å². The van der Waals surface area contributed by atoms with Crippen molar-refractivity contribution in [3.05, 3.63) is 72.6 Å². The molecule has 0 spiro atoms. The number of carbonyl (C=O) groups is 2. The van der Waals surface area contributed by atoms with E-state index >= 15 is 0 Å². The summed E-state index contributed by atoms with van der Waals surface area (Å²) in [5.74, 6) is -0.753. The van der Waals surface area contributed by atoms with Gasteiger partial charge in [0.1, 0.15) is 5.82 Å². The summed E-state index contributed by atoms with van der Waals surface area (Å²) in [7, 11) is 0.